The van der Waals surface area contributed by atoms with Gasteiger partial charge in [0, 0.05) is 36.8 Å². The van der Waals surface area contributed by atoms with Crippen LogP contribution in [0.25, 0.3) is 0 Å². The first-order valence-corrected chi connectivity index (χ1v) is 10.5. The van der Waals surface area contributed by atoms with Gasteiger partial charge in [0.15, 0.2) is 0 Å². The van der Waals surface area contributed by atoms with Gasteiger partial charge in [0.25, 0.3) is 5.91 Å². The molecule has 0 radical (unpaired) electrons. The Morgan fingerprint density at radius 1 is 1.23 bits per heavy atom. The van der Waals surface area contributed by atoms with E-state index in [2.05, 4.69) is 17.0 Å². The molecule has 1 saturated heterocycles. The lowest BCUT2D eigenvalue weighted by atomic mass is 10.1. The van der Waals surface area contributed by atoms with E-state index < -0.39 is 10.0 Å². The summed E-state index contributed by atoms with van der Waals surface area (Å²) in [5.41, 5.74) is 0.426. The second-order valence-electron chi connectivity index (χ2n) is 7.11. The molecule has 26 heavy (non-hydrogen) atoms. The highest BCUT2D eigenvalue weighted by molar-refractivity contribution is 7.89. The average molecular weight is 402 g/mol. The maximum Gasteiger partial charge on any atom is 0.254 e. The molecular weight excluding hydrogens is 374 g/mol. The van der Waals surface area contributed by atoms with Crippen LogP contribution in [0.3, 0.4) is 0 Å². The SMILES string of the molecule is CC1NCCN(C(=O)c2cccc(S(=O)(=O)NC3CCCC3)c2)C1C.Cl. The van der Waals surface area contributed by atoms with Crippen molar-refractivity contribution in [3.05, 3.63) is 29.8 Å². The number of rotatable bonds is 4. The molecule has 1 heterocycles. The molecule has 2 fully saturated rings. The molecule has 0 aromatic heterocycles. The van der Waals surface area contributed by atoms with E-state index >= 15 is 0 Å². The maximum absolute atomic E-state index is 12.9. The first-order valence-electron chi connectivity index (χ1n) is 9.05. The summed E-state index contributed by atoms with van der Waals surface area (Å²) in [7, 11) is -3.59. The summed E-state index contributed by atoms with van der Waals surface area (Å²) < 4.78 is 28.0. The van der Waals surface area contributed by atoms with Gasteiger partial charge in [-0.2, -0.15) is 0 Å². The van der Waals surface area contributed by atoms with Gasteiger partial charge in [-0.05, 0) is 44.9 Å². The van der Waals surface area contributed by atoms with Crippen molar-refractivity contribution < 1.29 is 13.2 Å². The Labute approximate surface area is 162 Å². The van der Waals surface area contributed by atoms with E-state index in [1.165, 1.54) is 6.07 Å². The van der Waals surface area contributed by atoms with Crippen LogP contribution in [0.1, 0.15) is 49.9 Å². The minimum absolute atomic E-state index is 0. The van der Waals surface area contributed by atoms with E-state index in [4.69, 9.17) is 0 Å². The molecule has 3 rings (SSSR count). The van der Waals surface area contributed by atoms with Gasteiger partial charge in [0.1, 0.15) is 0 Å². The van der Waals surface area contributed by atoms with Crippen molar-refractivity contribution in [2.24, 2.45) is 0 Å². The fraction of sp³-hybridized carbons (Fsp3) is 0.611. The van der Waals surface area contributed by atoms with Gasteiger partial charge in [-0.1, -0.05) is 18.9 Å². The van der Waals surface area contributed by atoms with E-state index in [0.29, 0.717) is 12.1 Å². The summed E-state index contributed by atoms with van der Waals surface area (Å²) in [5.74, 6) is -0.112. The van der Waals surface area contributed by atoms with Crippen molar-refractivity contribution in [2.45, 2.75) is 62.6 Å². The number of nitrogens with one attached hydrogen (secondary N) is 2. The molecule has 146 valence electrons. The van der Waals surface area contributed by atoms with Crippen LogP contribution in [-0.4, -0.2) is 50.4 Å². The smallest absolute Gasteiger partial charge is 0.254 e. The van der Waals surface area contributed by atoms with Gasteiger partial charge in [-0.3, -0.25) is 4.79 Å². The van der Waals surface area contributed by atoms with E-state index in [1.54, 1.807) is 18.2 Å². The van der Waals surface area contributed by atoms with Crippen LogP contribution in [0, 0.1) is 0 Å². The average Bonchev–Trinajstić information content (AvgIpc) is 3.09. The van der Waals surface area contributed by atoms with E-state index in [0.717, 1.165) is 32.2 Å². The lowest BCUT2D eigenvalue weighted by molar-refractivity contribution is 0.0602. The molecule has 1 saturated carbocycles. The van der Waals surface area contributed by atoms with Crippen molar-refractivity contribution in [2.75, 3.05) is 13.1 Å². The maximum atomic E-state index is 12.9. The largest absolute Gasteiger partial charge is 0.333 e. The molecule has 1 aliphatic carbocycles. The third-order valence-corrected chi connectivity index (χ3v) is 6.88. The Kier molecular flexibility index (Phi) is 7.07. The van der Waals surface area contributed by atoms with Gasteiger partial charge < -0.3 is 10.2 Å². The minimum atomic E-state index is -3.59. The summed E-state index contributed by atoms with van der Waals surface area (Å²) in [4.78, 5) is 14.8. The second kappa shape index (κ2) is 8.69. The lowest BCUT2D eigenvalue weighted by Gasteiger charge is -2.38. The van der Waals surface area contributed by atoms with Crippen molar-refractivity contribution >= 4 is 28.3 Å². The molecule has 6 nitrogen and oxygen atoms in total. The van der Waals surface area contributed by atoms with Crippen molar-refractivity contribution in [3.63, 3.8) is 0 Å². The third kappa shape index (κ3) is 4.57. The van der Waals surface area contributed by atoms with Crippen LogP contribution < -0.4 is 10.0 Å². The highest BCUT2D eigenvalue weighted by Crippen LogP contribution is 2.21. The topological polar surface area (TPSA) is 78.5 Å². The van der Waals surface area contributed by atoms with Crippen LogP contribution in [0.5, 0.6) is 0 Å². The summed E-state index contributed by atoms with van der Waals surface area (Å²) in [6.45, 7) is 5.44. The second-order valence-corrected chi connectivity index (χ2v) is 8.83. The molecular formula is C18H28ClN3O3S. The highest BCUT2D eigenvalue weighted by atomic mass is 35.5. The number of carbonyl (C=O) groups is 1. The number of nitrogens with zero attached hydrogens (tertiary/aromatic N) is 1. The Morgan fingerprint density at radius 3 is 2.62 bits per heavy atom. The number of sulfonamides is 1. The molecule has 2 N–H and O–H groups in total. The summed E-state index contributed by atoms with van der Waals surface area (Å²) in [6, 6.07) is 6.69. The zero-order chi connectivity index (χ0) is 18.0. The van der Waals surface area contributed by atoms with Crippen molar-refractivity contribution in [1.29, 1.82) is 0 Å². The molecule has 8 heteroatoms. The summed E-state index contributed by atoms with van der Waals surface area (Å²) in [6.07, 6.45) is 3.89. The molecule has 2 aliphatic rings. The van der Waals surface area contributed by atoms with Crippen LogP contribution >= 0.6 is 12.4 Å². The molecule has 1 amide bonds. The summed E-state index contributed by atoms with van der Waals surface area (Å²) >= 11 is 0. The number of piperazine rings is 1. The van der Waals surface area contributed by atoms with Gasteiger partial charge in [-0.25, -0.2) is 13.1 Å². The van der Waals surface area contributed by atoms with Gasteiger partial charge in [0.2, 0.25) is 10.0 Å². The molecule has 1 aromatic carbocycles. The predicted octanol–water partition coefficient (Wildman–Crippen LogP) is 2.15. The van der Waals surface area contributed by atoms with E-state index in [9.17, 15) is 13.2 Å². The Morgan fingerprint density at radius 2 is 1.92 bits per heavy atom. The van der Waals surface area contributed by atoms with Crippen LogP contribution in [0.4, 0.5) is 0 Å². The fourth-order valence-corrected chi connectivity index (χ4v) is 4.99. The number of benzene rings is 1. The normalized spacial score (nSPS) is 24.3. The molecule has 2 atom stereocenters. The quantitative estimate of drug-likeness (QED) is 0.810. The van der Waals surface area contributed by atoms with Crippen LogP contribution in [0.2, 0.25) is 0 Å². The highest BCUT2D eigenvalue weighted by Gasteiger charge is 2.29. The van der Waals surface area contributed by atoms with Crippen LogP contribution in [-0.2, 0) is 10.0 Å². The Balaban J connectivity index is 0.00000243. The molecule has 0 bridgehead atoms. The first-order chi connectivity index (χ1) is 11.9. The number of hydrogen-bond donors (Lipinski definition) is 2. The molecule has 2 unspecified atom stereocenters. The van der Waals surface area contributed by atoms with E-state index in [-0.39, 0.29) is 41.3 Å². The Hall–Kier alpha value is -1.15. The number of carbonyl (C=O) groups excluding carboxylic acids is 1. The number of amides is 1. The van der Waals surface area contributed by atoms with Crippen LogP contribution in [0.15, 0.2) is 29.2 Å². The van der Waals surface area contributed by atoms with Gasteiger partial charge in [-0.15, -0.1) is 12.4 Å². The van der Waals surface area contributed by atoms with Gasteiger partial charge >= 0.3 is 0 Å². The molecule has 1 aliphatic heterocycles. The predicted molar refractivity (Wildman–Crippen MR) is 104 cm³/mol. The third-order valence-electron chi connectivity index (χ3n) is 5.36. The zero-order valence-corrected chi connectivity index (χ0v) is 16.9. The number of halogens is 1. The first kappa shape index (κ1) is 21.2. The standard InChI is InChI=1S/C18H27N3O3S.ClH/c1-13-14(2)21(11-10-19-13)18(22)15-6-5-9-17(12-15)25(23,24)20-16-7-3-4-8-16;/h5-6,9,12-14,16,19-20H,3-4,7-8,10-11H2,1-2H3;1H. The fourth-order valence-electron chi connectivity index (χ4n) is 3.64. The molecule has 1 aromatic rings. The zero-order valence-electron chi connectivity index (χ0n) is 15.3. The number of hydrogen-bond acceptors (Lipinski definition) is 4. The summed E-state index contributed by atoms with van der Waals surface area (Å²) in [5, 5.41) is 3.34. The van der Waals surface area contributed by atoms with Gasteiger partial charge in [0.05, 0.1) is 4.90 Å². The molecule has 0 spiro atoms. The minimum Gasteiger partial charge on any atom is -0.333 e. The van der Waals surface area contributed by atoms with E-state index in [1.807, 2.05) is 11.8 Å². The monoisotopic (exact) mass is 401 g/mol. The van der Waals surface area contributed by atoms with Crippen molar-refractivity contribution in [3.8, 4) is 0 Å². The van der Waals surface area contributed by atoms with Crippen molar-refractivity contribution in [1.82, 2.24) is 14.9 Å². The lowest BCUT2D eigenvalue weighted by Crippen LogP contribution is -2.57. The Bertz CT molecular complexity index is 735.